The number of nitrogens with zero attached hydrogens (tertiary/aromatic N) is 2. The van der Waals surface area contributed by atoms with Crippen LogP contribution in [0.2, 0.25) is 0 Å². The quantitative estimate of drug-likeness (QED) is 0.848. The summed E-state index contributed by atoms with van der Waals surface area (Å²) in [5.74, 6) is 1.74. The van der Waals surface area contributed by atoms with Gasteiger partial charge in [0, 0.05) is 19.7 Å². The summed E-state index contributed by atoms with van der Waals surface area (Å²) >= 11 is 0. The van der Waals surface area contributed by atoms with Gasteiger partial charge >= 0.3 is 0 Å². The van der Waals surface area contributed by atoms with E-state index in [2.05, 4.69) is 9.88 Å². The van der Waals surface area contributed by atoms with Gasteiger partial charge in [-0.25, -0.2) is 4.98 Å². The Morgan fingerprint density at radius 1 is 1.35 bits per heavy atom. The third-order valence-electron chi connectivity index (χ3n) is 4.63. The summed E-state index contributed by atoms with van der Waals surface area (Å²) in [5, 5.41) is 0. The van der Waals surface area contributed by atoms with Crippen molar-refractivity contribution in [3.63, 3.8) is 0 Å². The van der Waals surface area contributed by atoms with Gasteiger partial charge in [0.25, 0.3) is 0 Å². The van der Waals surface area contributed by atoms with E-state index >= 15 is 0 Å². The van der Waals surface area contributed by atoms with Gasteiger partial charge in [-0.15, -0.1) is 0 Å². The maximum absolute atomic E-state index is 5.92. The lowest BCUT2D eigenvalue weighted by atomic mass is 9.88. The van der Waals surface area contributed by atoms with Crippen molar-refractivity contribution in [3.8, 4) is 0 Å². The largest absolute Gasteiger partial charge is 0.444 e. The number of morpholine rings is 1. The van der Waals surface area contributed by atoms with Gasteiger partial charge in [-0.05, 0) is 33.1 Å². The van der Waals surface area contributed by atoms with E-state index in [4.69, 9.17) is 13.9 Å². The van der Waals surface area contributed by atoms with Gasteiger partial charge in [0.05, 0.1) is 31.1 Å². The Morgan fingerprint density at radius 3 is 2.90 bits per heavy atom. The van der Waals surface area contributed by atoms with Crippen LogP contribution in [0.15, 0.2) is 4.42 Å². The fourth-order valence-electron chi connectivity index (χ4n) is 3.34. The Bertz CT molecular complexity index is 440. The lowest BCUT2D eigenvalue weighted by molar-refractivity contribution is -0.117. The van der Waals surface area contributed by atoms with Crippen molar-refractivity contribution in [3.05, 3.63) is 17.3 Å². The molecule has 0 spiro atoms. The van der Waals surface area contributed by atoms with Crippen LogP contribution < -0.4 is 0 Å². The van der Waals surface area contributed by atoms with Crippen molar-refractivity contribution in [1.29, 1.82) is 0 Å². The molecule has 0 unspecified atom stereocenters. The second kappa shape index (κ2) is 5.84. The normalized spacial score (nSPS) is 31.2. The Labute approximate surface area is 120 Å². The molecule has 1 saturated heterocycles. The van der Waals surface area contributed by atoms with Crippen LogP contribution in [0.1, 0.15) is 36.6 Å². The van der Waals surface area contributed by atoms with Crippen molar-refractivity contribution >= 4 is 0 Å². The number of oxazole rings is 1. The van der Waals surface area contributed by atoms with Crippen molar-refractivity contribution in [1.82, 2.24) is 9.88 Å². The van der Waals surface area contributed by atoms with E-state index in [9.17, 15) is 0 Å². The molecule has 2 aliphatic rings. The predicted octanol–water partition coefficient (Wildman–Crippen LogP) is 2.06. The summed E-state index contributed by atoms with van der Waals surface area (Å²) in [6.07, 6.45) is 3.92. The van der Waals surface area contributed by atoms with Crippen molar-refractivity contribution < 1.29 is 13.9 Å². The molecule has 1 saturated carbocycles. The molecule has 112 valence electrons. The zero-order chi connectivity index (χ0) is 14.1. The van der Waals surface area contributed by atoms with Gasteiger partial charge in [-0.3, -0.25) is 4.90 Å². The van der Waals surface area contributed by atoms with E-state index < -0.39 is 0 Å². The Hall–Kier alpha value is -0.910. The van der Waals surface area contributed by atoms with Crippen LogP contribution in [0.4, 0.5) is 0 Å². The molecule has 5 nitrogen and oxygen atoms in total. The van der Waals surface area contributed by atoms with E-state index in [0.717, 1.165) is 56.3 Å². The highest BCUT2D eigenvalue weighted by molar-refractivity contribution is 5.05. The second-order valence-electron chi connectivity index (χ2n) is 5.87. The molecule has 1 aromatic heterocycles. The first-order chi connectivity index (χ1) is 9.67. The number of fused-ring (bicyclic) bond motifs is 1. The number of aromatic nitrogens is 1. The van der Waals surface area contributed by atoms with E-state index in [1.54, 1.807) is 7.11 Å². The zero-order valence-electron chi connectivity index (χ0n) is 12.6. The predicted molar refractivity (Wildman–Crippen MR) is 74.6 cm³/mol. The summed E-state index contributed by atoms with van der Waals surface area (Å²) < 4.78 is 17.2. The van der Waals surface area contributed by atoms with E-state index in [1.807, 2.05) is 13.8 Å². The third kappa shape index (κ3) is 2.75. The Kier molecular flexibility index (Phi) is 4.10. The van der Waals surface area contributed by atoms with Gasteiger partial charge in [0.15, 0.2) is 0 Å². The molecule has 3 atom stereocenters. The maximum Gasteiger partial charge on any atom is 0.208 e. The molecule has 1 aromatic rings. The summed E-state index contributed by atoms with van der Waals surface area (Å²) in [5.41, 5.74) is 0.989. The summed E-state index contributed by atoms with van der Waals surface area (Å²) in [6.45, 7) is 6.48. The monoisotopic (exact) mass is 280 g/mol. The standard InChI is InChI=1S/C15H24N2O3/c1-10-11(2)20-15(16-10)9-17-6-7-19-14-5-4-12(18-3)8-13(14)17/h12-14H,4-9H2,1-3H3/t12-,13+,14-/m1/s1. The molecule has 0 aromatic carbocycles. The van der Waals surface area contributed by atoms with Gasteiger partial charge in [-0.1, -0.05) is 0 Å². The zero-order valence-corrected chi connectivity index (χ0v) is 12.6. The van der Waals surface area contributed by atoms with Crippen molar-refractivity contribution in [2.24, 2.45) is 0 Å². The highest BCUT2D eigenvalue weighted by Gasteiger charge is 2.38. The topological polar surface area (TPSA) is 47.7 Å². The minimum atomic E-state index is 0.340. The fourth-order valence-corrected chi connectivity index (χ4v) is 3.34. The average molecular weight is 280 g/mol. The molecular formula is C15H24N2O3. The summed E-state index contributed by atoms with van der Waals surface area (Å²) in [4.78, 5) is 6.95. The molecule has 0 radical (unpaired) electrons. The molecule has 0 bridgehead atoms. The van der Waals surface area contributed by atoms with Crippen LogP contribution in [0.25, 0.3) is 0 Å². The van der Waals surface area contributed by atoms with E-state index in [0.29, 0.717) is 18.2 Å². The minimum absolute atomic E-state index is 0.340. The first kappa shape index (κ1) is 14.0. The van der Waals surface area contributed by atoms with Gasteiger partial charge in [0.2, 0.25) is 5.89 Å². The number of methoxy groups -OCH3 is 1. The molecule has 0 N–H and O–H groups in total. The molecule has 1 aliphatic carbocycles. The molecule has 2 heterocycles. The number of ether oxygens (including phenoxy) is 2. The summed E-state index contributed by atoms with van der Waals surface area (Å²) in [6, 6.07) is 0.426. The molecule has 5 heteroatoms. The average Bonchev–Trinajstić information content (AvgIpc) is 2.77. The maximum atomic E-state index is 5.92. The van der Waals surface area contributed by atoms with Crippen molar-refractivity contribution in [2.45, 2.75) is 57.9 Å². The molecule has 20 heavy (non-hydrogen) atoms. The van der Waals surface area contributed by atoms with Crippen LogP contribution in [-0.2, 0) is 16.0 Å². The Balaban J connectivity index is 1.70. The van der Waals surface area contributed by atoms with Crippen LogP contribution in [0, 0.1) is 13.8 Å². The number of hydrogen-bond donors (Lipinski definition) is 0. The third-order valence-corrected chi connectivity index (χ3v) is 4.63. The minimum Gasteiger partial charge on any atom is -0.444 e. The first-order valence-corrected chi connectivity index (χ1v) is 7.48. The molecule has 1 aliphatic heterocycles. The van der Waals surface area contributed by atoms with Gasteiger partial charge in [-0.2, -0.15) is 0 Å². The second-order valence-corrected chi connectivity index (χ2v) is 5.87. The Morgan fingerprint density at radius 2 is 2.20 bits per heavy atom. The van der Waals surface area contributed by atoms with Gasteiger partial charge < -0.3 is 13.9 Å². The van der Waals surface area contributed by atoms with Gasteiger partial charge in [0.1, 0.15) is 5.76 Å². The van der Waals surface area contributed by atoms with Crippen molar-refractivity contribution in [2.75, 3.05) is 20.3 Å². The SMILES string of the molecule is CO[C@@H]1CC[C@H]2OCCN(Cc3nc(C)c(C)o3)[C@H]2C1. The molecule has 3 rings (SSSR count). The smallest absolute Gasteiger partial charge is 0.208 e. The lowest BCUT2D eigenvalue weighted by Crippen LogP contribution is -2.54. The highest BCUT2D eigenvalue weighted by Crippen LogP contribution is 2.31. The van der Waals surface area contributed by atoms with Crippen LogP contribution in [0.3, 0.4) is 0 Å². The van der Waals surface area contributed by atoms with Crippen LogP contribution in [0.5, 0.6) is 0 Å². The lowest BCUT2D eigenvalue weighted by Gasteiger charge is -2.45. The van der Waals surface area contributed by atoms with Crippen LogP contribution in [-0.4, -0.2) is 48.4 Å². The molecule has 2 fully saturated rings. The van der Waals surface area contributed by atoms with Crippen LogP contribution >= 0.6 is 0 Å². The highest BCUT2D eigenvalue weighted by atomic mass is 16.5. The van der Waals surface area contributed by atoms with E-state index in [1.165, 1.54) is 0 Å². The molecule has 0 amide bonds. The first-order valence-electron chi connectivity index (χ1n) is 7.48. The molecular weight excluding hydrogens is 256 g/mol. The number of rotatable bonds is 3. The fraction of sp³-hybridized carbons (Fsp3) is 0.800. The summed E-state index contributed by atoms with van der Waals surface area (Å²) in [7, 11) is 1.81. The van der Waals surface area contributed by atoms with E-state index in [-0.39, 0.29) is 0 Å². The number of aryl methyl sites for hydroxylation is 2. The number of hydrogen-bond acceptors (Lipinski definition) is 5.